The number of rotatable bonds is 4. The van der Waals surface area contributed by atoms with Crippen LogP contribution in [0.2, 0.25) is 0 Å². The molecule has 17 heavy (non-hydrogen) atoms. The molecule has 2 aromatic rings. The summed E-state index contributed by atoms with van der Waals surface area (Å²) in [5.41, 5.74) is 0. The van der Waals surface area contributed by atoms with Crippen LogP contribution in [0.1, 0.15) is 11.8 Å². The Balaban J connectivity index is 2.40. The van der Waals surface area contributed by atoms with Crippen LogP contribution in [0.25, 0.3) is 10.9 Å². The summed E-state index contributed by atoms with van der Waals surface area (Å²) in [6.07, 6.45) is 4.54. The van der Waals surface area contributed by atoms with Crippen molar-refractivity contribution in [1.82, 2.24) is 9.97 Å². The molecule has 0 fully saturated rings. The largest absolute Gasteiger partial charge is 0.443 e. The first kappa shape index (κ1) is 12.1. The third kappa shape index (κ3) is 2.83. The normalized spacial score (nSPS) is 11.6. The van der Waals surface area contributed by atoms with E-state index in [0.29, 0.717) is 17.3 Å². The highest BCUT2D eigenvalue weighted by Gasteiger charge is 2.18. The topological polar surface area (TPSA) is 82.3 Å². The van der Waals surface area contributed by atoms with Gasteiger partial charge in [-0.1, -0.05) is 6.92 Å². The zero-order valence-electron chi connectivity index (χ0n) is 9.21. The average molecular weight is 274 g/mol. The Morgan fingerprint density at radius 1 is 1.53 bits per heavy atom. The van der Waals surface area contributed by atoms with E-state index in [4.69, 9.17) is 8.60 Å². The Morgan fingerprint density at radius 3 is 2.82 bits per heavy atom. The molecule has 0 aromatic carbocycles. The minimum Gasteiger partial charge on any atom is -0.443 e. The van der Waals surface area contributed by atoms with Gasteiger partial charge in [-0.2, -0.15) is 13.4 Å². The van der Waals surface area contributed by atoms with Crippen molar-refractivity contribution in [1.29, 1.82) is 0 Å². The summed E-state index contributed by atoms with van der Waals surface area (Å²) < 4.78 is 32.0. The van der Waals surface area contributed by atoms with Gasteiger partial charge < -0.3 is 8.60 Å². The van der Waals surface area contributed by atoms with Crippen molar-refractivity contribution in [2.45, 2.75) is 13.3 Å². The molecule has 0 radical (unpaired) electrons. The van der Waals surface area contributed by atoms with Crippen molar-refractivity contribution < 1.29 is 17.0 Å². The second kappa shape index (κ2) is 4.46. The van der Waals surface area contributed by atoms with Gasteiger partial charge in [-0.15, -0.1) is 11.3 Å². The fourth-order valence-corrected chi connectivity index (χ4v) is 2.54. The number of aromatic nitrogens is 2. The second-order valence-corrected chi connectivity index (χ2v) is 5.88. The van der Waals surface area contributed by atoms with Crippen LogP contribution in [-0.4, -0.2) is 24.6 Å². The molecule has 6 nitrogen and oxygen atoms in total. The van der Waals surface area contributed by atoms with Crippen LogP contribution in [-0.2, 0) is 16.5 Å². The second-order valence-electron chi connectivity index (χ2n) is 3.23. The lowest BCUT2D eigenvalue weighted by Crippen LogP contribution is -2.07. The molecule has 0 atom stereocenters. The van der Waals surface area contributed by atoms with Gasteiger partial charge in [-0.05, 0) is 6.42 Å². The number of hydrogen-bond donors (Lipinski definition) is 0. The highest BCUT2D eigenvalue weighted by atomic mass is 32.2. The van der Waals surface area contributed by atoms with Crippen LogP contribution in [0.3, 0.4) is 0 Å². The van der Waals surface area contributed by atoms with Crippen LogP contribution in [0, 0.1) is 0 Å². The third-order valence-electron chi connectivity index (χ3n) is 1.83. The molecule has 0 aliphatic carbocycles. The molecule has 0 amide bonds. The number of aryl methyl sites for hydroxylation is 1. The highest BCUT2D eigenvalue weighted by molar-refractivity contribution is 7.86. The summed E-state index contributed by atoms with van der Waals surface area (Å²) in [5, 5.41) is 0.505. The van der Waals surface area contributed by atoms with Crippen LogP contribution in [0.15, 0.2) is 16.9 Å². The first-order valence-electron chi connectivity index (χ1n) is 4.78. The number of nitrogens with zero attached hydrogens (tertiary/aromatic N) is 2. The van der Waals surface area contributed by atoms with E-state index in [1.54, 1.807) is 0 Å². The molecule has 0 unspecified atom stereocenters. The van der Waals surface area contributed by atoms with E-state index >= 15 is 0 Å². The van der Waals surface area contributed by atoms with Crippen LogP contribution < -0.4 is 4.18 Å². The first-order valence-corrected chi connectivity index (χ1v) is 7.42. The first-order chi connectivity index (χ1) is 7.99. The number of oxazole rings is 1. The van der Waals surface area contributed by atoms with Gasteiger partial charge in [0.05, 0.1) is 17.3 Å². The van der Waals surface area contributed by atoms with Crippen molar-refractivity contribution in [3.05, 3.63) is 17.3 Å². The summed E-state index contributed by atoms with van der Waals surface area (Å²) in [6.45, 7) is 1.89. The van der Waals surface area contributed by atoms with Gasteiger partial charge in [0.15, 0.2) is 5.01 Å². The van der Waals surface area contributed by atoms with E-state index in [0.717, 1.165) is 11.1 Å². The zero-order chi connectivity index (χ0) is 12.5. The van der Waals surface area contributed by atoms with Gasteiger partial charge in [0.1, 0.15) is 6.26 Å². The monoisotopic (exact) mass is 274 g/mol. The van der Waals surface area contributed by atoms with Crippen molar-refractivity contribution in [3.8, 4) is 16.8 Å². The summed E-state index contributed by atoms with van der Waals surface area (Å²) in [5.74, 6) is 0.459. The predicted molar refractivity (Wildman–Crippen MR) is 62.5 cm³/mol. The molecular weight excluding hydrogens is 264 g/mol. The Hall–Kier alpha value is -1.41. The van der Waals surface area contributed by atoms with Gasteiger partial charge in [0.25, 0.3) is 5.89 Å². The van der Waals surface area contributed by atoms with Crippen LogP contribution in [0.4, 0.5) is 0 Å². The van der Waals surface area contributed by atoms with E-state index in [9.17, 15) is 8.42 Å². The SMILES string of the molecule is CCc1sc(-c2ncco2)nc1OS(C)(=O)=O. The molecule has 0 N–H and O–H groups in total. The summed E-state index contributed by atoms with van der Waals surface area (Å²) in [6, 6.07) is 0. The van der Waals surface area contributed by atoms with E-state index < -0.39 is 10.1 Å². The van der Waals surface area contributed by atoms with Gasteiger partial charge in [0, 0.05) is 0 Å². The van der Waals surface area contributed by atoms with Gasteiger partial charge in [-0.3, -0.25) is 0 Å². The van der Waals surface area contributed by atoms with E-state index in [1.165, 1.54) is 23.8 Å². The summed E-state index contributed by atoms with van der Waals surface area (Å²) >= 11 is 1.30. The quantitative estimate of drug-likeness (QED) is 0.789. The molecule has 0 bridgehead atoms. The lowest BCUT2D eigenvalue weighted by atomic mass is 10.4. The molecule has 92 valence electrons. The minimum absolute atomic E-state index is 0.105. The lowest BCUT2D eigenvalue weighted by Gasteiger charge is -1.99. The smallest absolute Gasteiger partial charge is 0.307 e. The third-order valence-corrected chi connectivity index (χ3v) is 3.46. The highest BCUT2D eigenvalue weighted by Crippen LogP contribution is 2.32. The van der Waals surface area contributed by atoms with Gasteiger partial charge in [-0.25, -0.2) is 4.98 Å². The maximum absolute atomic E-state index is 11.1. The molecule has 8 heteroatoms. The molecule has 0 aliphatic rings. The van der Waals surface area contributed by atoms with Crippen molar-refractivity contribution in [2.75, 3.05) is 6.26 Å². The molecule has 0 saturated carbocycles. The Morgan fingerprint density at radius 2 is 2.29 bits per heavy atom. The number of thiazole rings is 1. The fraction of sp³-hybridized carbons (Fsp3) is 0.333. The molecule has 2 rings (SSSR count). The number of hydrogen-bond acceptors (Lipinski definition) is 7. The lowest BCUT2D eigenvalue weighted by molar-refractivity contribution is 0.481. The molecule has 0 saturated heterocycles. The Labute approximate surface area is 102 Å². The van der Waals surface area contributed by atoms with Crippen molar-refractivity contribution in [3.63, 3.8) is 0 Å². The average Bonchev–Trinajstić information content (AvgIpc) is 2.82. The van der Waals surface area contributed by atoms with Gasteiger partial charge in [0.2, 0.25) is 5.88 Å². The molecular formula is C9H10N2O4S2. The van der Waals surface area contributed by atoms with Crippen LogP contribution >= 0.6 is 11.3 Å². The van der Waals surface area contributed by atoms with Crippen LogP contribution in [0.5, 0.6) is 5.88 Å². The van der Waals surface area contributed by atoms with E-state index in [-0.39, 0.29) is 5.88 Å². The minimum atomic E-state index is -3.57. The van der Waals surface area contributed by atoms with E-state index in [2.05, 4.69) is 9.97 Å². The standard InChI is InChI=1S/C9H10N2O4S2/c1-3-6-7(15-17(2,12)13)11-9(16-6)8-10-4-5-14-8/h4-5H,3H2,1-2H3. The van der Waals surface area contributed by atoms with E-state index in [1.807, 2.05) is 6.92 Å². The maximum atomic E-state index is 11.1. The van der Waals surface area contributed by atoms with Crippen molar-refractivity contribution in [2.24, 2.45) is 0 Å². The Kier molecular flexibility index (Phi) is 3.16. The molecule has 0 aliphatic heterocycles. The zero-order valence-corrected chi connectivity index (χ0v) is 10.8. The molecule has 0 spiro atoms. The van der Waals surface area contributed by atoms with Crippen molar-refractivity contribution >= 4 is 21.5 Å². The summed E-state index contributed by atoms with van der Waals surface area (Å²) in [7, 11) is -3.57. The predicted octanol–water partition coefficient (Wildman–Crippen LogP) is 1.70. The summed E-state index contributed by atoms with van der Waals surface area (Å²) in [4.78, 5) is 8.76. The molecule has 2 heterocycles. The molecule has 2 aromatic heterocycles. The fourth-order valence-electron chi connectivity index (χ4n) is 1.19. The maximum Gasteiger partial charge on any atom is 0.307 e. The van der Waals surface area contributed by atoms with Gasteiger partial charge >= 0.3 is 10.1 Å². The Bertz CT molecular complexity index is 601.